The van der Waals surface area contributed by atoms with E-state index in [9.17, 15) is 9.90 Å². The Kier molecular flexibility index (Phi) is 4.59. The smallest absolute Gasteiger partial charge is 0.142 e. The molecular formula is C24H32O2. The number of rotatable bonds is 4. The van der Waals surface area contributed by atoms with Gasteiger partial charge in [-0.15, -0.1) is 6.58 Å². The molecular weight excluding hydrogens is 320 g/mol. The Balaban J connectivity index is 1.73. The summed E-state index contributed by atoms with van der Waals surface area (Å²) in [6.45, 7) is 8.58. The normalized spacial score (nSPS) is 38.4. The average molecular weight is 353 g/mol. The van der Waals surface area contributed by atoms with Crippen molar-refractivity contribution in [2.45, 2.75) is 64.9 Å². The summed E-state index contributed by atoms with van der Waals surface area (Å²) in [5.41, 5.74) is 3.85. The molecule has 6 atom stereocenters. The third kappa shape index (κ3) is 2.52. The van der Waals surface area contributed by atoms with Crippen LogP contribution < -0.4 is 0 Å². The highest BCUT2D eigenvalue weighted by Crippen LogP contribution is 2.62. The van der Waals surface area contributed by atoms with E-state index in [-0.39, 0.29) is 17.9 Å². The van der Waals surface area contributed by atoms with Crippen LogP contribution in [0.15, 0.2) is 30.9 Å². The van der Waals surface area contributed by atoms with E-state index in [1.54, 1.807) is 0 Å². The van der Waals surface area contributed by atoms with Gasteiger partial charge in [0.1, 0.15) is 5.78 Å². The van der Waals surface area contributed by atoms with Gasteiger partial charge in [-0.25, -0.2) is 0 Å². The van der Waals surface area contributed by atoms with Crippen LogP contribution in [0, 0.1) is 29.1 Å². The minimum absolute atomic E-state index is 0.120. The van der Waals surface area contributed by atoms with Crippen LogP contribution in [-0.2, 0) is 17.8 Å². The number of aliphatic hydroxyl groups excluding tert-OH is 1. The molecule has 140 valence electrons. The zero-order valence-corrected chi connectivity index (χ0v) is 16.2. The van der Waals surface area contributed by atoms with Crippen LogP contribution in [-0.4, -0.2) is 10.9 Å². The second-order valence-electron chi connectivity index (χ2n) is 9.13. The fourth-order valence-corrected chi connectivity index (χ4v) is 6.70. The quantitative estimate of drug-likeness (QED) is 0.771. The van der Waals surface area contributed by atoms with Crippen LogP contribution in [0.2, 0.25) is 0 Å². The van der Waals surface area contributed by atoms with Crippen LogP contribution >= 0.6 is 0 Å². The van der Waals surface area contributed by atoms with Gasteiger partial charge in [-0.1, -0.05) is 44.5 Å². The van der Waals surface area contributed by atoms with Gasteiger partial charge in [0.25, 0.3) is 0 Å². The SMILES string of the molecule is C=CC[C@@H]1CC2C3C(CC[C@]2(C)C1=O)c1ccc(CO)cc1C[C@H]3CC. The molecule has 3 aliphatic rings. The maximum absolute atomic E-state index is 13.2. The first-order valence-corrected chi connectivity index (χ1v) is 10.4. The average Bonchev–Trinajstić information content (AvgIpc) is 2.91. The highest BCUT2D eigenvalue weighted by molar-refractivity contribution is 5.89. The molecule has 1 aromatic carbocycles. The lowest BCUT2D eigenvalue weighted by molar-refractivity contribution is -0.132. The van der Waals surface area contributed by atoms with E-state index in [1.165, 1.54) is 17.5 Å². The number of benzene rings is 1. The number of allylic oxidation sites excluding steroid dienone is 1. The van der Waals surface area contributed by atoms with Crippen molar-refractivity contribution in [3.8, 4) is 0 Å². The molecule has 26 heavy (non-hydrogen) atoms. The third-order valence-corrected chi connectivity index (χ3v) is 7.99. The van der Waals surface area contributed by atoms with Gasteiger partial charge < -0.3 is 5.11 Å². The summed E-state index contributed by atoms with van der Waals surface area (Å²) in [6.07, 6.45) is 8.28. The largest absolute Gasteiger partial charge is 0.392 e. The van der Waals surface area contributed by atoms with Crippen molar-refractivity contribution >= 4 is 5.78 Å². The minimum atomic E-state index is -0.120. The van der Waals surface area contributed by atoms with Gasteiger partial charge in [0.05, 0.1) is 6.61 Å². The van der Waals surface area contributed by atoms with E-state index in [0.29, 0.717) is 29.5 Å². The Morgan fingerprint density at radius 2 is 2.19 bits per heavy atom. The summed E-state index contributed by atoms with van der Waals surface area (Å²) in [7, 11) is 0. The predicted octanol–water partition coefficient (Wildman–Crippen LogP) is 5.04. The standard InChI is InChI=1S/C24H32O2/c1-4-6-17-13-21-22-16(5-2)12-18-11-15(14-25)7-8-19(18)20(22)9-10-24(21,3)23(17)26/h4,7-8,11,16-17,20-22,25H,1,5-6,9-10,12-14H2,2-3H3/t16-,17-,20?,21?,22?,24+/m1/s1. The van der Waals surface area contributed by atoms with Crippen LogP contribution in [0.1, 0.15) is 68.6 Å². The number of carbonyl (C=O) groups is 1. The second kappa shape index (κ2) is 6.64. The zero-order valence-electron chi connectivity index (χ0n) is 16.2. The van der Waals surface area contributed by atoms with E-state index in [4.69, 9.17) is 0 Å². The molecule has 1 aromatic rings. The highest BCUT2D eigenvalue weighted by atomic mass is 16.3. The molecule has 1 N–H and O–H groups in total. The number of fused-ring (bicyclic) bond motifs is 5. The number of aliphatic hydroxyl groups is 1. The van der Waals surface area contributed by atoms with Gasteiger partial charge in [0.15, 0.2) is 0 Å². The van der Waals surface area contributed by atoms with Crippen molar-refractivity contribution in [1.82, 2.24) is 0 Å². The van der Waals surface area contributed by atoms with Crippen LogP contribution in [0.4, 0.5) is 0 Å². The van der Waals surface area contributed by atoms with E-state index in [0.717, 1.165) is 37.7 Å². The van der Waals surface area contributed by atoms with Gasteiger partial charge in [-0.2, -0.15) is 0 Å². The fourth-order valence-electron chi connectivity index (χ4n) is 6.70. The van der Waals surface area contributed by atoms with Crippen LogP contribution in [0.3, 0.4) is 0 Å². The molecule has 2 heteroatoms. The van der Waals surface area contributed by atoms with Gasteiger partial charge in [-0.05, 0) is 72.5 Å². The summed E-state index contributed by atoms with van der Waals surface area (Å²) in [5, 5.41) is 9.51. The lowest BCUT2D eigenvalue weighted by atomic mass is 9.52. The van der Waals surface area contributed by atoms with Crippen molar-refractivity contribution in [2.75, 3.05) is 0 Å². The molecule has 4 rings (SSSR count). The summed E-state index contributed by atoms with van der Waals surface area (Å²) in [5.74, 6) is 3.10. The maximum Gasteiger partial charge on any atom is 0.142 e. The highest BCUT2D eigenvalue weighted by Gasteiger charge is 2.59. The van der Waals surface area contributed by atoms with E-state index < -0.39 is 0 Å². The molecule has 2 fully saturated rings. The van der Waals surface area contributed by atoms with Crippen molar-refractivity contribution in [2.24, 2.45) is 29.1 Å². The summed E-state index contributed by atoms with van der Waals surface area (Å²) >= 11 is 0. The Labute approximate surface area is 157 Å². The predicted molar refractivity (Wildman–Crippen MR) is 105 cm³/mol. The maximum atomic E-state index is 13.2. The summed E-state index contributed by atoms with van der Waals surface area (Å²) < 4.78 is 0. The van der Waals surface area contributed by atoms with Crippen molar-refractivity contribution < 1.29 is 9.90 Å². The van der Waals surface area contributed by atoms with Gasteiger partial charge in [0.2, 0.25) is 0 Å². The Hall–Kier alpha value is -1.41. The molecule has 0 aromatic heterocycles. The number of carbonyl (C=O) groups excluding carboxylic acids is 1. The number of Topliss-reactive ketones (excluding diaryl/α,β-unsaturated/α-hetero) is 1. The van der Waals surface area contributed by atoms with E-state index in [1.807, 2.05) is 6.08 Å². The summed E-state index contributed by atoms with van der Waals surface area (Å²) in [6, 6.07) is 6.59. The topological polar surface area (TPSA) is 37.3 Å². The molecule has 0 amide bonds. The first-order valence-electron chi connectivity index (χ1n) is 10.4. The van der Waals surface area contributed by atoms with Gasteiger partial charge >= 0.3 is 0 Å². The fraction of sp³-hybridized carbons (Fsp3) is 0.625. The van der Waals surface area contributed by atoms with Crippen molar-refractivity contribution in [1.29, 1.82) is 0 Å². The molecule has 0 radical (unpaired) electrons. The lowest BCUT2D eigenvalue weighted by Crippen LogP contribution is -2.46. The molecule has 0 saturated heterocycles. The van der Waals surface area contributed by atoms with Gasteiger partial charge in [-0.3, -0.25) is 4.79 Å². The Bertz CT molecular complexity index is 721. The number of hydrogen-bond acceptors (Lipinski definition) is 2. The third-order valence-electron chi connectivity index (χ3n) is 7.99. The molecule has 0 spiro atoms. The van der Waals surface area contributed by atoms with Gasteiger partial charge in [0, 0.05) is 11.3 Å². The first-order chi connectivity index (χ1) is 12.5. The first kappa shape index (κ1) is 18.0. The number of hydrogen-bond donors (Lipinski definition) is 1. The molecule has 0 heterocycles. The van der Waals surface area contributed by atoms with Crippen LogP contribution in [0.5, 0.6) is 0 Å². The molecule has 2 nitrogen and oxygen atoms in total. The number of ketones is 1. The van der Waals surface area contributed by atoms with Crippen molar-refractivity contribution in [3.63, 3.8) is 0 Å². The monoisotopic (exact) mass is 352 g/mol. The Morgan fingerprint density at radius 3 is 2.88 bits per heavy atom. The molecule has 3 aliphatic carbocycles. The molecule has 2 saturated carbocycles. The lowest BCUT2D eigenvalue weighted by Gasteiger charge is -2.51. The van der Waals surface area contributed by atoms with E-state index >= 15 is 0 Å². The molecule has 3 unspecified atom stereocenters. The molecule has 0 aliphatic heterocycles. The van der Waals surface area contributed by atoms with E-state index in [2.05, 4.69) is 38.6 Å². The summed E-state index contributed by atoms with van der Waals surface area (Å²) in [4.78, 5) is 13.2. The minimum Gasteiger partial charge on any atom is -0.392 e. The zero-order chi connectivity index (χ0) is 18.5. The molecule has 0 bridgehead atoms. The second-order valence-corrected chi connectivity index (χ2v) is 9.13. The van der Waals surface area contributed by atoms with Crippen LogP contribution in [0.25, 0.3) is 0 Å². The Morgan fingerprint density at radius 1 is 1.38 bits per heavy atom. The van der Waals surface area contributed by atoms with Crippen molar-refractivity contribution in [3.05, 3.63) is 47.5 Å².